The summed E-state index contributed by atoms with van der Waals surface area (Å²) in [5.41, 5.74) is 0.787. The van der Waals surface area contributed by atoms with E-state index in [0.29, 0.717) is 6.42 Å². The van der Waals surface area contributed by atoms with Crippen LogP contribution < -0.4 is 0 Å². The molecule has 0 bridgehead atoms. The van der Waals surface area contributed by atoms with Crippen molar-refractivity contribution in [2.75, 3.05) is 0 Å². The maximum absolute atomic E-state index is 12.9. The standard InChI is InChI=1S/C15H19FO5/c1-2-12(9-3-5-10(16)6-4-9)20-14-8-11(17)7-13(21-14)15(18)19/h3-6,11-14,17H,2,7-8H2,1H3,(H,18,19). The number of halogens is 1. The molecular weight excluding hydrogens is 279 g/mol. The maximum Gasteiger partial charge on any atom is 0.333 e. The number of carbonyl (C=O) groups is 1. The van der Waals surface area contributed by atoms with Crippen molar-refractivity contribution in [1.29, 1.82) is 0 Å². The van der Waals surface area contributed by atoms with Crippen LogP contribution in [0.5, 0.6) is 0 Å². The molecule has 21 heavy (non-hydrogen) atoms. The van der Waals surface area contributed by atoms with Gasteiger partial charge in [0, 0.05) is 12.8 Å². The summed E-state index contributed by atoms with van der Waals surface area (Å²) in [5, 5.41) is 18.7. The molecular formula is C15H19FO5. The second-order valence-corrected chi connectivity index (χ2v) is 5.10. The number of hydrogen-bond acceptors (Lipinski definition) is 4. The number of ether oxygens (including phenoxy) is 2. The topological polar surface area (TPSA) is 76.0 Å². The smallest absolute Gasteiger partial charge is 0.333 e. The van der Waals surface area contributed by atoms with Crippen LogP contribution in [-0.4, -0.2) is 34.7 Å². The number of aliphatic hydroxyl groups excluding tert-OH is 1. The van der Waals surface area contributed by atoms with Gasteiger partial charge in [0.25, 0.3) is 0 Å². The van der Waals surface area contributed by atoms with Gasteiger partial charge in [-0.15, -0.1) is 0 Å². The van der Waals surface area contributed by atoms with Crippen LogP contribution in [0.3, 0.4) is 0 Å². The summed E-state index contributed by atoms with van der Waals surface area (Å²) in [4.78, 5) is 11.0. The van der Waals surface area contributed by atoms with Gasteiger partial charge >= 0.3 is 5.97 Å². The van der Waals surface area contributed by atoms with E-state index in [2.05, 4.69) is 0 Å². The summed E-state index contributed by atoms with van der Waals surface area (Å²) < 4.78 is 24.0. The molecule has 6 heteroatoms. The van der Waals surface area contributed by atoms with Gasteiger partial charge in [0.15, 0.2) is 12.4 Å². The van der Waals surface area contributed by atoms with Crippen LogP contribution in [0.15, 0.2) is 24.3 Å². The minimum Gasteiger partial charge on any atom is -0.479 e. The van der Waals surface area contributed by atoms with Gasteiger partial charge in [-0.2, -0.15) is 0 Å². The molecule has 116 valence electrons. The first-order valence-electron chi connectivity index (χ1n) is 6.96. The van der Waals surface area contributed by atoms with Crippen LogP contribution in [0.4, 0.5) is 4.39 Å². The van der Waals surface area contributed by atoms with Gasteiger partial charge in [0.1, 0.15) is 5.82 Å². The van der Waals surface area contributed by atoms with Crippen molar-refractivity contribution in [3.63, 3.8) is 0 Å². The van der Waals surface area contributed by atoms with Crippen molar-refractivity contribution < 1.29 is 28.9 Å². The fourth-order valence-corrected chi connectivity index (χ4v) is 2.38. The van der Waals surface area contributed by atoms with E-state index in [1.807, 2.05) is 6.92 Å². The van der Waals surface area contributed by atoms with E-state index in [9.17, 15) is 14.3 Å². The van der Waals surface area contributed by atoms with Crippen LogP contribution in [0, 0.1) is 5.82 Å². The lowest BCUT2D eigenvalue weighted by molar-refractivity contribution is -0.238. The Morgan fingerprint density at radius 3 is 2.67 bits per heavy atom. The molecule has 0 amide bonds. The van der Waals surface area contributed by atoms with E-state index in [4.69, 9.17) is 14.6 Å². The van der Waals surface area contributed by atoms with E-state index in [1.54, 1.807) is 12.1 Å². The first-order chi connectivity index (χ1) is 9.99. The molecule has 1 saturated heterocycles. The fourth-order valence-electron chi connectivity index (χ4n) is 2.38. The van der Waals surface area contributed by atoms with Gasteiger partial charge in [-0.3, -0.25) is 0 Å². The summed E-state index contributed by atoms with van der Waals surface area (Å²) >= 11 is 0. The summed E-state index contributed by atoms with van der Waals surface area (Å²) in [6, 6.07) is 5.94. The molecule has 1 aliphatic rings. The minimum absolute atomic E-state index is 0.0581. The number of carboxylic acid groups (broad SMARTS) is 1. The summed E-state index contributed by atoms with van der Waals surface area (Å²) in [6.45, 7) is 1.90. The van der Waals surface area contributed by atoms with Crippen LogP contribution in [-0.2, 0) is 14.3 Å². The first-order valence-corrected chi connectivity index (χ1v) is 6.96. The number of carboxylic acids is 1. The molecule has 0 aliphatic carbocycles. The number of aliphatic carboxylic acids is 1. The monoisotopic (exact) mass is 298 g/mol. The third kappa shape index (κ3) is 4.23. The predicted molar refractivity (Wildman–Crippen MR) is 72.1 cm³/mol. The van der Waals surface area contributed by atoms with Gasteiger partial charge in [-0.25, -0.2) is 9.18 Å². The zero-order chi connectivity index (χ0) is 15.4. The van der Waals surface area contributed by atoms with Crippen molar-refractivity contribution in [3.05, 3.63) is 35.6 Å². The highest BCUT2D eigenvalue weighted by atomic mass is 19.1. The lowest BCUT2D eigenvalue weighted by Crippen LogP contribution is -2.41. The molecule has 0 saturated carbocycles. The Labute approximate surface area is 122 Å². The second kappa shape index (κ2) is 6.98. The SMILES string of the molecule is CCC(OC1CC(O)CC(C(=O)O)O1)c1ccc(F)cc1. The molecule has 0 radical (unpaired) electrons. The number of hydrogen-bond donors (Lipinski definition) is 2. The quantitative estimate of drug-likeness (QED) is 0.872. The first kappa shape index (κ1) is 15.9. The highest BCUT2D eigenvalue weighted by molar-refractivity contribution is 5.72. The van der Waals surface area contributed by atoms with Gasteiger partial charge in [-0.05, 0) is 24.1 Å². The average Bonchev–Trinajstić information content (AvgIpc) is 2.45. The van der Waals surface area contributed by atoms with E-state index < -0.39 is 24.5 Å². The maximum atomic E-state index is 12.9. The van der Waals surface area contributed by atoms with E-state index in [1.165, 1.54) is 12.1 Å². The molecule has 1 fully saturated rings. The third-order valence-electron chi connectivity index (χ3n) is 3.47. The Balaban J connectivity index is 2.03. The van der Waals surface area contributed by atoms with Crippen LogP contribution >= 0.6 is 0 Å². The fraction of sp³-hybridized carbons (Fsp3) is 0.533. The van der Waals surface area contributed by atoms with Gasteiger partial charge in [-0.1, -0.05) is 19.1 Å². The predicted octanol–water partition coefficient (Wildman–Crippen LogP) is 2.24. The summed E-state index contributed by atoms with van der Waals surface area (Å²) in [6.07, 6.45) is -2.05. The normalized spacial score (nSPS) is 27.3. The van der Waals surface area contributed by atoms with Gasteiger partial charge < -0.3 is 19.7 Å². The van der Waals surface area contributed by atoms with Crippen molar-refractivity contribution in [3.8, 4) is 0 Å². The lowest BCUT2D eigenvalue weighted by atomic mass is 10.0. The molecule has 5 nitrogen and oxygen atoms in total. The molecule has 0 spiro atoms. The molecule has 2 rings (SSSR count). The van der Waals surface area contributed by atoms with Crippen molar-refractivity contribution in [1.82, 2.24) is 0 Å². The Morgan fingerprint density at radius 2 is 2.10 bits per heavy atom. The summed E-state index contributed by atoms with van der Waals surface area (Å²) in [5.74, 6) is -1.44. The summed E-state index contributed by atoms with van der Waals surface area (Å²) in [7, 11) is 0. The lowest BCUT2D eigenvalue weighted by Gasteiger charge is -2.33. The second-order valence-electron chi connectivity index (χ2n) is 5.10. The van der Waals surface area contributed by atoms with Crippen LogP contribution in [0.1, 0.15) is 37.9 Å². The van der Waals surface area contributed by atoms with Crippen molar-refractivity contribution in [2.24, 2.45) is 0 Å². The van der Waals surface area contributed by atoms with Gasteiger partial charge in [0.2, 0.25) is 0 Å². The Morgan fingerprint density at radius 1 is 1.43 bits per heavy atom. The average molecular weight is 298 g/mol. The van der Waals surface area contributed by atoms with E-state index in [0.717, 1.165) is 5.56 Å². The number of benzene rings is 1. The zero-order valence-electron chi connectivity index (χ0n) is 11.7. The molecule has 0 aromatic heterocycles. The Hall–Kier alpha value is -1.50. The molecule has 1 aromatic rings. The van der Waals surface area contributed by atoms with E-state index in [-0.39, 0.29) is 24.8 Å². The largest absolute Gasteiger partial charge is 0.479 e. The van der Waals surface area contributed by atoms with Crippen LogP contribution in [0.2, 0.25) is 0 Å². The van der Waals surface area contributed by atoms with E-state index >= 15 is 0 Å². The van der Waals surface area contributed by atoms with Crippen LogP contribution in [0.25, 0.3) is 0 Å². The Bertz CT molecular complexity index is 475. The third-order valence-corrected chi connectivity index (χ3v) is 3.47. The van der Waals surface area contributed by atoms with Crippen molar-refractivity contribution >= 4 is 5.97 Å². The molecule has 1 aromatic carbocycles. The molecule has 1 heterocycles. The molecule has 2 N–H and O–H groups in total. The van der Waals surface area contributed by atoms with Crippen molar-refractivity contribution in [2.45, 2.75) is 50.8 Å². The Kier molecular flexibility index (Phi) is 5.27. The number of aliphatic hydroxyl groups is 1. The highest BCUT2D eigenvalue weighted by Crippen LogP contribution is 2.28. The molecule has 4 atom stereocenters. The molecule has 1 aliphatic heterocycles. The van der Waals surface area contributed by atoms with Gasteiger partial charge in [0.05, 0.1) is 12.2 Å². The number of rotatable bonds is 5. The highest BCUT2D eigenvalue weighted by Gasteiger charge is 2.34. The minimum atomic E-state index is -1.11. The molecule has 4 unspecified atom stereocenters. The zero-order valence-corrected chi connectivity index (χ0v) is 11.7.